The zero-order valence-electron chi connectivity index (χ0n) is 14.2. The molecule has 0 saturated carbocycles. The van der Waals surface area contributed by atoms with Crippen LogP contribution in [0.1, 0.15) is 26.7 Å². The maximum Gasteiger partial charge on any atom is 0.331 e. The Labute approximate surface area is 140 Å². The molecule has 1 aromatic heterocycles. The number of carbonyl (C=O) groups excluding carboxylic acids is 1. The van der Waals surface area contributed by atoms with E-state index in [1.807, 2.05) is 4.90 Å². The highest BCUT2D eigenvalue weighted by Crippen LogP contribution is 2.16. The molecule has 3 rings (SSSR count). The van der Waals surface area contributed by atoms with Crippen LogP contribution in [0.2, 0.25) is 0 Å². The Morgan fingerprint density at radius 3 is 2.67 bits per heavy atom. The third-order valence-electron chi connectivity index (χ3n) is 4.75. The summed E-state index contributed by atoms with van der Waals surface area (Å²) in [6.45, 7) is 5.64. The third kappa shape index (κ3) is 2.88. The van der Waals surface area contributed by atoms with Gasteiger partial charge in [-0.3, -0.25) is 18.7 Å². The zero-order valence-corrected chi connectivity index (χ0v) is 14.2. The summed E-state index contributed by atoms with van der Waals surface area (Å²) in [4.78, 5) is 39.6. The number of benzene rings is 1. The van der Waals surface area contributed by atoms with E-state index in [0.717, 1.165) is 25.9 Å². The fourth-order valence-electron chi connectivity index (χ4n) is 3.45. The molecule has 24 heavy (non-hydrogen) atoms. The van der Waals surface area contributed by atoms with Gasteiger partial charge in [0, 0.05) is 19.6 Å². The van der Waals surface area contributed by atoms with Crippen LogP contribution in [0.15, 0.2) is 33.9 Å². The summed E-state index contributed by atoms with van der Waals surface area (Å²) in [5, 5.41) is 0.471. The molecule has 128 valence electrons. The van der Waals surface area contributed by atoms with Crippen LogP contribution in [0.3, 0.4) is 0 Å². The molecule has 0 unspecified atom stereocenters. The molecular formula is C18H23N3O3. The van der Waals surface area contributed by atoms with Crippen molar-refractivity contribution in [1.82, 2.24) is 14.0 Å². The lowest BCUT2D eigenvalue weighted by molar-refractivity contribution is -0.133. The van der Waals surface area contributed by atoms with Gasteiger partial charge < -0.3 is 4.90 Å². The molecule has 0 aliphatic carbocycles. The minimum absolute atomic E-state index is 0.0215. The maximum atomic E-state index is 12.7. The van der Waals surface area contributed by atoms with Crippen LogP contribution in [0.4, 0.5) is 0 Å². The van der Waals surface area contributed by atoms with E-state index >= 15 is 0 Å². The van der Waals surface area contributed by atoms with Crippen LogP contribution in [0.5, 0.6) is 0 Å². The van der Waals surface area contributed by atoms with Gasteiger partial charge in [-0.15, -0.1) is 0 Å². The molecule has 6 heteroatoms. The number of nitrogens with zero attached hydrogens (tertiary/aromatic N) is 3. The lowest BCUT2D eigenvalue weighted by atomic mass is 10.0. The van der Waals surface area contributed by atoms with E-state index in [1.165, 1.54) is 9.13 Å². The van der Waals surface area contributed by atoms with Gasteiger partial charge in [0.15, 0.2) is 0 Å². The summed E-state index contributed by atoms with van der Waals surface area (Å²) in [5.74, 6) is 0.427. The first kappa shape index (κ1) is 16.5. The quantitative estimate of drug-likeness (QED) is 0.856. The van der Waals surface area contributed by atoms with Crippen molar-refractivity contribution < 1.29 is 4.79 Å². The molecule has 0 radical (unpaired) electrons. The molecule has 1 fully saturated rings. The molecule has 2 heterocycles. The number of amides is 1. The first-order chi connectivity index (χ1) is 11.5. The van der Waals surface area contributed by atoms with Crippen molar-refractivity contribution >= 4 is 16.8 Å². The minimum Gasteiger partial charge on any atom is -0.341 e. The number of piperidine rings is 1. The number of carbonyl (C=O) groups is 1. The van der Waals surface area contributed by atoms with Crippen molar-refractivity contribution in [1.29, 1.82) is 0 Å². The maximum absolute atomic E-state index is 12.7. The molecular weight excluding hydrogens is 306 g/mol. The van der Waals surface area contributed by atoms with Crippen LogP contribution in [-0.4, -0.2) is 33.0 Å². The molecule has 6 nitrogen and oxygen atoms in total. The van der Waals surface area contributed by atoms with Gasteiger partial charge in [-0.1, -0.05) is 19.1 Å². The fourth-order valence-corrected chi connectivity index (χ4v) is 3.45. The van der Waals surface area contributed by atoms with Gasteiger partial charge in [-0.25, -0.2) is 4.79 Å². The number of para-hydroxylation sites is 1. The average molecular weight is 329 g/mol. The summed E-state index contributed by atoms with van der Waals surface area (Å²) in [5.41, 5.74) is -0.191. The molecule has 1 aliphatic heterocycles. The van der Waals surface area contributed by atoms with E-state index in [1.54, 1.807) is 31.2 Å². The van der Waals surface area contributed by atoms with Gasteiger partial charge in [0.05, 0.1) is 10.9 Å². The summed E-state index contributed by atoms with van der Waals surface area (Å²) in [6, 6.07) is 6.98. The minimum atomic E-state index is -0.417. The zero-order chi connectivity index (χ0) is 17.3. The number of fused-ring (bicyclic) bond motifs is 1. The van der Waals surface area contributed by atoms with Gasteiger partial charge in [-0.05, 0) is 37.8 Å². The molecule has 2 aromatic rings. The lowest BCUT2D eigenvalue weighted by Crippen LogP contribution is -2.45. The molecule has 1 aromatic carbocycles. The van der Waals surface area contributed by atoms with Gasteiger partial charge in [0.25, 0.3) is 5.56 Å². The van der Waals surface area contributed by atoms with E-state index in [0.29, 0.717) is 16.8 Å². The second-order valence-electron chi connectivity index (χ2n) is 6.52. The van der Waals surface area contributed by atoms with Crippen LogP contribution < -0.4 is 11.2 Å². The Morgan fingerprint density at radius 1 is 1.21 bits per heavy atom. The Morgan fingerprint density at radius 2 is 1.96 bits per heavy atom. The smallest absolute Gasteiger partial charge is 0.331 e. The largest absolute Gasteiger partial charge is 0.341 e. The van der Waals surface area contributed by atoms with Crippen LogP contribution >= 0.6 is 0 Å². The van der Waals surface area contributed by atoms with Crippen molar-refractivity contribution in [3.8, 4) is 0 Å². The van der Waals surface area contributed by atoms with Crippen molar-refractivity contribution in [2.24, 2.45) is 5.92 Å². The van der Waals surface area contributed by atoms with Crippen LogP contribution in [-0.2, 0) is 17.9 Å². The first-order valence-electron chi connectivity index (χ1n) is 8.53. The Hall–Kier alpha value is -2.37. The predicted octanol–water partition coefficient (Wildman–Crippen LogP) is 1.44. The number of hydrogen-bond acceptors (Lipinski definition) is 3. The highest BCUT2D eigenvalue weighted by molar-refractivity contribution is 5.81. The summed E-state index contributed by atoms with van der Waals surface area (Å²) >= 11 is 0. The number of rotatable bonds is 3. The normalized spacial score (nSPS) is 18.1. The topological polar surface area (TPSA) is 64.3 Å². The summed E-state index contributed by atoms with van der Waals surface area (Å²) in [6.07, 6.45) is 2.13. The standard InChI is InChI=1S/C18H23N3O3/c1-3-20-17(23)14-8-4-5-9-15(14)21(18(20)24)12-16(22)19-10-6-7-13(2)11-19/h4-5,8-9,13H,3,6-7,10-12H2,1-2H3/t13-/m1/s1. The molecule has 1 aliphatic rings. The van der Waals surface area contributed by atoms with E-state index in [-0.39, 0.29) is 24.6 Å². The molecule has 0 spiro atoms. The van der Waals surface area contributed by atoms with Crippen molar-refractivity contribution in [3.05, 3.63) is 45.1 Å². The average Bonchev–Trinajstić information content (AvgIpc) is 2.59. The number of aromatic nitrogens is 2. The molecule has 0 N–H and O–H groups in total. The molecule has 0 bridgehead atoms. The second-order valence-corrected chi connectivity index (χ2v) is 6.52. The van der Waals surface area contributed by atoms with Gasteiger partial charge >= 0.3 is 5.69 Å². The van der Waals surface area contributed by atoms with E-state index in [2.05, 4.69) is 6.92 Å². The number of likely N-dealkylation sites (tertiary alicyclic amines) is 1. The highest BCUT2D eigenvalue weighted by Gasteiger charge is 2.22. The van der Waals surface area contributed by atoms with Crippen molar-refractivity contribution in [2.45, 2.75) is 39.8 Å². The monoisotopic (exact) mass is 329 g/mol. The van der Waals surface area contributed by atoms with E-state index in [4.69, 9.17) is 0 Å². The van der Waals surface area contributed by atoms with E-state index in [9.17, 15) is 14.4 Å². The first-order valence-corrected chi connectivity index (χ1v) is 8.53. The third-order valence-corrected chi connectivity index (χ3v) is 4.75. The molecule has 1 amide bonds. The van der Waals surface area contributed by atoms with Gasteiger partial charge in [-0.2, -0.15) is 0 Å². The highest BCUT2D eigenvalue weighted by atomic mass is 16.2. The Bertz CT molecular complexity index is 881. The van der Waals surface area contributed by atoms with Crippen LogP contribution in [0.25, 0.3) is 10.9 Å². The van der Waals surface area contributed by atoms with Crippen molar-refractivity contribution in [2.75, 3.05) is 13.1 Å². The lowest BCUT2D eigenvalue weighted by Gasteiger charge is -2.31. The van der Waals surface area contributed by atoms with Gasteiger partial charge in [0.1, 0.15) is 6.54 Å². The Balaban J connectivity index is 2.04. The summed E-state index contributed by atoms with van der Waals surface area (Å²) < 4.78 is 2.62. The second kappa shape index (κ2) is 6.63. The predicted molar refractivity (Wildman–Crippen MR) is 93.1 cm³/mol. The molecule has 1 saturated heterocycles. The Kier molecular flexibility index (Phi) is 4.55. The number of hydrogen-bond donors (Lipinski definition) is 0. The van der Waals surface area contributed by atoms with Crippen LogP contribution in [0, 0.1) is 5.92 Å². The summed E-state index contributed by atoms with van der Waals surface area (Å²) in [7, 11) is 0. The fraction of sp³-hybridized carbons (Fsp3) is 0.500. The molecule has 1 atom stereocenters. The van der Waals surface area contributed by atoms with E-state index < -0.39 is 5.69 Å². The van der Waals surface area contributed by atoms with Gasteiger partial charge in [0.2, 0.25) is 5.91 Å². The SMILES string of the molecule is CCn1c(=O)c2ccccc2n(CC(=O)N2CCC[C@@H](C)C2)c1=O. The van der Waals surface area contributed by atoms with Crippen molar-refractivity contribution in [3.63, 3.8) is 0 Å².